The van der Waals surface area contributed by atoms with Crippen molar-refractivity contribution in [2.75, 3.05) is 0 Å². The van der Waals surface area contributed by atoms with Crippen LogP contribution < -0.4 is 24.8 Å². The molecule has 0 nitrogen and oxygen atoms in total. The van der Waals surface area contributed by atoms with Gasteiger partial charge in [-0.25, -0.2) is 0 Å². The molecule has 2 aliphatic carbocycles. The van der Waals surface area contributed by atoms with E-state index >= 15 is 0 Å². The first kappa shape index (κ1) is 28.2. The Labute approximate surface area is 249 Å². The van der Waals surface area contributed by atoms with Crippen molar-refractivity contribution >= 4 is 11.1 Å². The van der Waals surface area contributed by atoms with Crippen LogP contribution in [-0.4, -0.2) is 0 Å². The summed E-state index contributed by atoms with van der Waals surface area (Å²) in [4.78, 5) is 0. The van der Waals surface area contributed by atoms with Gasteiger partial charge in [0.25, 0.3) is 0 Å². The zero-order chi connectivity index (χ0) is 25.3. The van der Waals surface area contributed by atoms with Crippen LogP contribution in [0.3, 0.4) is 0 Å². The maximum absolute atomic E-state index is 2.46. The first-order valence-electron chi connectivity index (χ1n) is 13.7. The molecule has 0 bridgehead atoms. The molecule has 0 saturated carbocycles. The average molecular weight is 585 g/mol. The summed E-state index contributed by atoms with van der Waals surface area (Å²) in [7, 11) is 0. The molecule has 4 aromatic carbocycles. The molecule has 3 heteroatoms. The molecule has 7 rings (SSSR count). The Hall–Kier alpha value is -2.35. The van der Waals surface area contributed by atoms with Gasteiger partial charge in [0.2, 0.25) is 0 Å². The van der Waals surface area contributed by atoms with Gasteiger partial charge in [-0.2, -0.15) is 0 Å². The van der Waals surface area contributed by atoms with E-state index in [4.69, 9.17) is 0 Å². The van der Waals surface area contributed by atoms with Crippen LogP contribution in [0.25, 0.3) is 11.1 Å². The van der Waals surface area contributed by atoms with Crippen molar-refractivity contribution in [3.63, 3.8) is 0 Å². The number of halogens is 2. The zero-order valence-electron chi connectivity index (χ0n) is 23.1. The van der Waals surface area contributed by atoms with Gasteiger partial charge in [0.1, 0.15) is 0 Å². The number of hydrogen-bond donors (Lipinski definition) is 0. The summed E-state index contributed by atoms with van der Waals surface area (Å²) in [6, 6.07) is 37.1. The Morgan fingerprint density at radius 1 is 0.487 bits per heavy atom. The largest absolute Gasteiger partial charge is 1.00 e. The molecule has 0 N–H and O–H groups in total. The third-order valence-corrected chi connectivity index (χ3v) is 17.9. The van der Waals surface area contributed by atoms with Gasteiger partial charge in [0, 0.05) is 0 Å². The second-order valence-corrected chi connectivity index (χ2v) is 18.8. The number of benzene rings is 4. The van der Waals surface area contributed by atoms with E-state index in [1.807, 2.05) is 0 Å². The molecule has 0 aromatic heterocycles. The Bertz CT molecular complexity index is 1490. The molecule has 1 fully saturated rings. The molecule has 196 valence electrons. The van der Waals surface area contributed by atoms with Crippen molar-refractivity contribution < 1.29 is 41.4 Å². The van der Waals surface area contributed by atoms with Crippen LogP contribution >= 0.6 is 0 Å². The predicted molar refractivity (Wildman–Crippen MR) is 154 cm³/mol. The molecule has 1 aliphatic heterocycles. The zero-order valence-corrected chi connectivity index (χ0v) is 26.1. The Kier molecular flexibility index (Phi) is 7.64. The minimum atomic E-state index is -2.38. The van der Waals surface area contributed by atoms with Crippen molar-refractivity contribution in [3.05, 3.63) is 153 Å². The first-order chi connectivity index (χ1) is 18.0. The van der Waals surface area contributed by atoms with Crippen LogP contribution in [-0.2, 0) is 16.6 Å². The summed E-state index contributed by atoms with van der Waals surface area (Å²) in [5, 5.41) is 0. The summed E-state index contributed by atoms with van der Waals surface area (Å²) < 4.78 is 4.21. The minimum absolute atomic E-state index is 0. The van der Waals surface area contributed by atoms with Crippen LogP contribution in [0.4, 0.5) is 0 Å². The van der Waals surface area contributed by atoms with Gasteiger partial charge < -0.3 is 24.8 Å². The fourth-order valence-corrected chi connectivity index (χ4v) is 18.2. The standard InChI is InChI=1S/2C17H15.C2H4.2ClH.Ti/c2*1-12-7-9-14(10-8-12)17-13(2)11-15-5-3-4-6-16(15)17;1-2;;;/h2*3-11H,1-2H3;1-2H2;2*1H;/q;;;;;+2/p-2. The number of hydrogen-bond acceptors (Lipinski definition) is 0. The number of fused-ring (bicyclic) bond motifs is 2. The number of rotatable bonds is 4. The van der Waals surface area contributed by atoms with E-state index in [1.165, 1.54) is 54.0 Å². The quantitative estimate of drug-likeness (QED) is 0.320. The third-order valence-electron chi connectivity index (χ3n) is 9.39. The maximum Gasteiger partial charge on any atom is -1.00 e. The van der Waals surface area contributed by atoms with E-state index in [9.17, 15) is 0 Å². The summed E-state index contributed by atoms with van der Waals surface area (Å²) in [5.74, 6) is 0. The molecule has 0 spiro atoms. The van der Waals surface area contributed by atoms with Gasteiger partial charge in [-0.3, -0.25) is 0 Å². The minimum Gasteiger partial charge on any atom is -1.00 e. The second-order valence-electron chi connectivity index (χ2n) is 11.6. The molecule has 4 aromatic rings. The summed E-state index contributed by atoms with van der Waals surface area (Å²) in [6.45, 7) is 9.30. The number of allylic oxidation sites excluding steroid dienone is 2. The van der Waals surface area contributed by atoms with E-state index in [1.54, 1.807) is 22.3 Å². The normalized spacial score (nSPS) is 19.4. The van der Waals surface area contributed by atoms with Crippen LogP contribution in [0.5, 0.6) is 0 Å². The fourth-order valence-electron chi connectivity index (χ4n) is 7.71. The molecule has 1 saturated heterocycles. The van der Waals surface area contributed by atoms with Crippen molar-refractivity contribution in [2.24, 2.45) is 0 Å². The van der Waals surface area contributed by atoms with Crippen molar-refractivity contribution in [1.29, 1.82) is 0 Å². The fraction of sp³-hybridized carbons (Fsp3) is 0.222. The molecule has 0 amide bonds. The third kappa shape index (κ3) is 4.32. The van der Waals surface area contributed by atoms with Gasteiger partial charge in [-0.15, -0.1) is 0 Å². The van der Waals surface area contributed by atoms with Crippen molar-refractivity contribution in [3.8, 4) is 0 Å². The molecule has 1 heterocycles. The molecule has 39 heavy (non-hydrogen) atoms. The summed E-state index contributed by atoms with van der Waals surface area (Å²) in [5.41, 5.74) is 17.9. The Morgan fingerprint density at radius 3 is 1.21 bits per heavy atom. The van der Waals surface area contributed by atoms with Crippen LogP contribution in [0.1, 0.15) is 66.8 Å². The molecule has 2 atom stereocenters. The maximum atomic E-state index is 2.46. The molecular weight excluding hydrogens is 551 g/mol. The van der Waals surface area contributed by atoms with Gasteiger partial charge in [-0.05, 0) is 0 Å². The van der Waals surface area contributed by atoms with E-state index in [2.05, 4.69) is 125 Å². The molecule has 2 unspecified atom stereocenters. The average Bonchev–Trinajstić information content (AvgIpc) is 3.54. The van der Waals surface area contributed by atoms with E-state index in [0.717, 1.165) is 0 Å². The molecule has 3 aliphatic rings. The SMILES string of the molecule is CC1=C(c2ccc(C)cc2)c2ccccc2[CH]1[Ti+2]1([CH]2C(C)=C(c3ccc(C)cc3)c3ccccc32)[CH2][CH2]1.[Cl-].[Cl-]. The van der Waals surface area contributed by atoms with Crippen molar-refractivity contribution in [2.45, 2.75) is 45.6 Å². The topological polar surface area (TPSA) is 0 Å². The Morgan fingerprint density at radius 2 is 0.846 bits per heavy atom. The van der Waals surface area contributed by atoms with Crippen LogP contribution in [0.15, 0.2) is 108 Å². The van der Waals surface area contributed by atoms with Gasteiger partial charge in [0.15, 0.2) is 0 Å². The Balaban J connectivity index is 0.00000154. The summed E-state index contributed by atoms with van der Waals surface area (Å²) in [6.07, 6.45) is 0. The van der Waals surface area contributed by atoms with E-state index < -0.39 is 16.6 Å². The van der Waals surface area contributed by atoms with Crippen LogP contribution in [0, 0.1) is 13.8 Å². The van der Waals surface area contributed by atoms with E-state index in [0.29, 0.717) is 8.45 Å². The second kappa shape index (κ2) is 10.6. The smallest absolute Gasteiger partial charge is 1.00 e. The molecular formula is C36H34Cl2Ti. The van der Waals surface area contributed by atoms with Crippen LogP contribution in [0.2, 0.25) is 9.45 Å². The monoisotopic (exact) mass is 584 g/mol. The summed E-state index contributed by atoms with van der Waals surface area (Å²) >= 11 is -2.38. The predicted octanol–water partition coefficient (Wildman–Crippen LogP) is 3.77. The first-order valence-corrected chi connectivity index (χ1v) is 17.7. The van der Waals surface area contributed by atoms with E-state index in [-0.39, 0.29) is 24.8 Å². The van der Waals surface area contributed by atoms with Gasteiger partial charge in [0.05, 0.1) is 0 Å². The molecule has 0 radical (unpaired) electrons. The number of aryl methyl sites for hydroxylation is 2. The van der Waals surface area contributed by atoms with Gasteiger partial charge >= 0.3 is 226 Å². The van der Waals surface area contributed by atoms with Crippen molar-refractivity contribution in [1.82, 2.24) is 0 Å². The van der Waals surface area contributed by atoms with Gasteiger partial charge in [-0.1, -0.05) is 0 Å².